The van der Waals surface area contributed by atoms with Gasteiger partial charge in [0.1, 0.15) is 16.6 Å². The average Bonchev–Trinajstić information content (AvgIpc) is 2.90. The van der Waals surface area contributed by atoms with E-state index in [-0.39, 0.29) is 22.3 Å². The third kappa shape index (κ3) is 3.56. The van der Waals surface area contributed by atoms with Gasteiger partial charge in [-0.05, 0) is 39.3 Å². The standard InChI is InChI=1S/C19H20N4O3S/c1-18(2)9-13-14(10-20)17(27-15(13)19(3,4)22-18)21-16(24)11-6-5-7-12(8-11)23(25)26/h5-8,22H,9H2,1-4H3,(H,21,24)/p+1. The Morgan fingerprint density at radius 2 is 2.07 bits per heavy atom. The predicted octanol–water partition coefficient (Wildman–Crippen LogP) is 2.91. The van der Waals surface area contributed by atoms with Crippen LogP contribution in [0.3, 0.4) is 0 Å². The van der Waals surface area contributed by atoms with E-state index < -0.39 is 10.8 Å². The number of fused-ring (bicyclic) bond motifs is 1. The fourth-order valence-electron chi connectivity index (χ4n) is 3.85. The van der Waals surface area contributed by atoms with Gasteiger partial charge in [0.15, 0.2) is 0 Å². The van der Waals surface area contributed by atoms with Gasteiger partial charge in [-0.3, -0.25) is 14.9 Å². The number of quaternary nitrogens is 1. The van der Waals surface area contributed by atoms with Gasteiger partial charge in [-0.25, -0.2) is 0 Å². The molecule has 7 nitrogen and oxygen atoms in total. The summed E-state index contributed by atoms with van der Waals surface area (Å²) in [5, 5.41) is 26.2. The van der Waals surface area contributed by atoms with Gasteiger partial charge in [0, 0.05) is 24.1 Å². The van der Waals surface area contributed by atoms with Crippen molar-refractivity contribution in [3.05, 3.63) is 55.9 Å². The summed E-state index contributed by atoms with van der Waals surface area (Å²) in [7, 11) is 0. The molecule has 140 valence electrons. The van der Waals surface area contributed by atoms with Gasteiger partial charge in [-0.1, -0.05) is 6.07 Å². The van der Waals surface area contributed by atoms with Crippen LogP contribution in [0.2, 0.25) is 0 Å². The van der Waals surface area contributed by atoms with Gasteiger partial charge in [-0.2, -0.15) is 5.26 Å². The molecule has 1 amide bonds. The smallest absolute Gasteiger partial charge is 0.270 e. The van der Waals surface area contributed by atoms with E-state index in [1.165, 1.54) is 35.6 Å². The van der Waals surface area contributed by atoms with Crippen LogP contribution in [0.15, 0.2) is 24.3 Å². The first-order valence-electron chi connectivity index (χ1n) is 8.53. The SMILES string of the molecule is CC1(C)Cc2c(sc(NC(=O)c3cccc([N+](=O)[O-])c3)c2C#N)C(C)(C)[NH2+]1. The molecule has 0 spiro atoms. The molecule has 0 atom stereocenters. The molecule has 1 aliphatic heterocycles. The first-order chi connectivity index (χ1) is 12.5. The van der Waals surface area contributed by atoms with E-state index in [9.17, 15) is 20.2 Å². The van der Waals surface area contributed by atoms with E-state index in [1.807, 2.05) is 0 Å². The van der Waals surface area contributed by atoms with E-state index >= 15 is 0 Å². The number of nitrogens with one attached hydrogen (secondary N) is 1. The van der Waals surface area contributed by atoms with Gasteiger partial charge in [0.2, 0.25) is 0 Å². The Bertz CT molecular complexity index is 985. The zero-order chi connectivity index (χ0) is 20.0. The molecule has 0 bridgehead atoms. The van der Waals surface area contributed by atoms with Crippen LogP contribution >= 0.6 is 11.3 Å². The molecular weight excluding hydrogens is 364 g/mol. The predicted molar refractivity (Wildman–Crippen MR) is 103 cm³/mol. The highest BCUT2D eigenvalue weighted by Crippen LogP contribution is 2.41. The molecule has 1 aromatic heterocycles. The molecule has 1 aromatic carbocycles. The average molecular weight is 385 g/mol. The van der Waals surface area contributed by atoms with Gasteiger partial charge in [0.05, 0.1) is 20.9 Å². The molecule has 0 fully saturated rings. The minimum Gasteiger partial charge on any atom is -0.333 e. The molecule has 2 aromatic rings. The molecule has 1 aliphatic rings. The van der Waals surface area contributed by atoms with Crippen molar-refractivity contribution in [3.63, 3.8) is 0 Å². The fraction of sp³-hybridized carbons (Fsp3) is 0.368. The summed E-state index contributed by atoms with van der Waals surface area (Å²) in [6.45, 7) is 8.49. The third-order valence-electron chi connectivity index (χ3n) is 4.63. The van der Waals surface area contributed by atoms with E-state index in [0.29, 0.717) is 10.6 Å². The number of thiophene rings is 1. The van der Waals surface area contributed by atoms with E-state index in [0.717, 1.165) is 16.9 Å². The molecule has 2 heterocycles. The van der Waals surface area contributed by atoms with Crippen molar-refractivity contribution < 1.29 is 15.0 Å². The number of rotatable bonds is 3. The molecule has 8 heteroatoms. The third-order valence-corrected chi connectivity index (χ3v) is 6.12. The topological polar surface area (TPSA) is 113 Å². The molecule has 3 N–H and O–H groups in total. The molecule has 0 aliphatic carbocycles. The highest BCUT2D eigenvalue weighted by molar-refractivity contribution is 7.16. The number of hydrogen-bond donors (Lipinski definition) is 2. The van der Waals surface area contributed by atoms with E-state index in [1.54, 1.807) is 0 Å². The molecule has 0 saturated carbocycles. The van der Waals surface area contributed by atoms with Gasteiger partial charge < -0.3 is 10.6 Å². The number of anilines is 1. The molecular formula is C19H21N4O3S+. The number of amides is 1. The van der Waals surface area contributed by atoms with Crippen molar-refractivity contribution in [3.8, 4) is 6.07 Å². The minimum absolute atomic E-state index is 0.0511. The Kier molecular flexibility index (Phi) is 4.54. The molecule has 27 heavy (non-hydrogen) atoms. The zero-order valence-electron chi connectivity index (χ0n) is 15.6. The van der Waals surface area contributed by atoms with Crippen molar-refractivity contribution in [1.29, 1.82) is 5.26 Å². The Hall–Kier alpha value is -2.76. The second kappa shape index (κ2) is 6.44. The summed E-state index contributed by atoms with van der Waals surface area (Å²) in [4.78, 5) is 24.1. The Balaban J connectivity index is 1.99. The molecule has 3 rings (SSSR count). The normalized spacial score (nSPS) is 16.9. The van der Waals surface area contributed by atoms with E-state index in [4.69, 9.17) is 0 Å². The van der Waals surface area contributed by atoms with Gasteiger partial charge in [0.25, 0.3) is 11.6 Å². The maximum Gasteiger partial charge on any atom is 0.270 e. The van der Waals surface area contributed by atoms with Crippen molar-refractivity contribution in [2.24, 2.45) is 0 Å². The number of nitriles is 1. The van der Waals surface area contributed by atoms with Crippen molar-refractivity contribution in [1.82, 2.24) is 0 Å². The lowest BCUT2D eigenvalue weighted by atomic mass is 9.81. The maximum atomic E-state index is 12.6. The summed E-state index contributed by atoms with van der Waals surface area (Å²) in [5.41, 5.74) is 1.25. The Labute approximate surface area is 161 Å². The minimum atomic E-state index is -0.540. The summed E-state index contributed by atoms with van der Waals surface area (Å²) in [6.07, 6.45) is 0.734. The van der Waals surface area contributed by atoms with Gasteiger partial charge in [-0.15, -0.1) is 11.3 Å². The van der Waals surface area contributed by atoms with E-state index in [2.05, 4.69) is 44.4 Å². The zero-order valence-corrected chi connectivity index (χ0v) is 16.4. The lowest BCUT2D eigenvalue weighted by Crippen LogP contribution is -3.03. The van der Waals surface area contributed by atoms with Crippen LogP contribution in [-0.2, 0) is 12.0 Å². The number of nitro groups is 1. The number of nitrogens with zero attached hydrogens (tertiary/aromatic N) is 2. The molecule has 0 unspecified atom stereocenters. The van der Waals surface area contributed by atoms with Crippen LogP contribution in [0.5, 0.6) is 0 Å². The quantitative estimate of drug-likeness (QED) is 0.625. The number of hydrogen-bond acceptors (Lipinski definition) is 5. The first kappa shape index (κ1) is 19.0. The number of nitro benzene ring substituents is 1. The van der Waals surface area contributed by atoms with Gasteiger partial charge >= 0.3 is 0 Å². The van der Waals surface area contributed by atoms with Crippen molar-refractivity contribution in [2.45, 2.75) is 45.2 Å². The largest absolute Gasteiger partial charge is 0.333 e. The number of benzene rings is 1. The molecule has 0 saturated heterocycles. The lowest BCUT2D eigenvalue weighted by Gasteiger charge is -2.38. The second-order valence-corrected chi connectivity index (χ2v) is 9.04. The monoisotopic (exact) mass is 385 g/mol. The van der Waals surface area contributed by atoms with Crippen LogP contribution in [0, 0.1) is 21.4 Å². The Morgan fingerprint density at radius 3 is 2.70 bits per heavy atom. The fourth-order valence-corrected chi connectivity index (χ4v) is 5.08. The second-order valence-electron chi connectivity index (χ2n) is 8.02. The number of carbonyl (C=O) groups excluding carboxylic acids is 1. The highest BCUT2D eigenvalue weighted by Gasteiger charge is 2.44. The van der Waals surface area contributed by atoms with Crippen LogP contribution in [-0.4, -0.2) is 16.4 Å². The summed E-state index contributed by atoms with van der Waals surface area (Å²) in [6, 6.07) is 7.79. The van der Waals surface area contributed by atoms with Crippen LogP contribution in [0.4, 0.5) is 10.7 Å². The number of carbonyl (C=O) groups is 1. The number of non-ortho nitro benzene ring substituents is 1. The van der Waals surface area contributed by atoms with Crippen LogP contribution < -0.4 is 10.6 Å². The lowest BCUT2D eigenvalue weighted by molar-refractivity contribution is -0.789. The molecule has 0 radical (unpaired) electrons. The highest BCUT2D eigenvalue weighted by atomic mass is 32.1. The van der Waals surface area contributed by atoms with Crippen LogP contribution in [0.25, 0.3) is 0 Å². The van der Waals surface area contributed by atoms with Crippen LogP contribution in [0.1, 0.15) is 54.1 Å². The van der Waals surface area contributed by atoms with Crippen molar-refractivity contribution in [2.75, 3.05) is 5.32 Å². The first-order valence-corrected chi connectivity index (χ1v) is 9.35. The summed E-state index contributed by atoms with van der Waals surface area (Å²) in [5.74, 6) is -0.463. The van der Waals surface area contributed by atoms with Crippen molar-refractivity contribution >= 4 is 27.9 Å². The number of nitrogens with two attached hydrogens (primary N) is 1. The summed E-state index contributed by atoms with van der Waals surface area (Å²) < 4.78 is 0. The summed E-state index contributed by atoms with van der Waals surface area (Å²) >= 11 is 1.41. The maximum absolute atomic E-state index is 12.6. The Morgan fingerprint density at radius 1 is 1.37 bits per heavy atom.